The third-order valence-corrected chi connectivity index (χ3v) is 4.24. The van der Waals surface area contributed by atoms with Gasteiger partial charge >= 0.3 is 0 Å². The van der Waals surface area contributed by atoms with Gasteiger partial charge in [-0.05, 0) is 48.4 Å². The molecule has 2 rings (SSSR count). The Bertz CT molecular complexity index is 465. The van der Waals surface area contributed by atoms with Crippen molar-refractivity contribution in [2.24, 2.45) is 11.8 Å². The molecule has 3 heteroatoms. The second-order valence-corrected chi connectivity index (χ2v) is 5.79. The van der Waals surface area contributed by atoms with E-state index in [0.717, 1.165) is 36.2 Å². The number of anilines is 2. The number of nitrogens with zero attached hydrogens (tertiary/aromatic N) is 2. The van der Waals surface area contributed by atoms with Gasteiger partial charge in [0.1, 0.15) is 0 Å². The summed E-state index contributed by atoms with van der Waals surface area (Å²) in [7, 11) is 0. The Hall–Kier alpha value is -1.69. The number of nitrogens with two attached hydrogens (primary N) is 1. The lowest BCUT2D eigenvalue weighted by Crippen LogP contribution is -2.35. The van der Waals surface area contributed by atoms with Crippen molar-refractivity contribution in [2.75, 3.05) is 23.7 Å². The van der Waals surface area contributed by atoms with E-state index in [1.54, 1.807) is 0 Å². The molecule has 0 unspecified atom stereocenters. The van der Waals surface area contributed by atoms with Crippen LogP contribution < -0.4 is 10.6 Å². The molecular formula is C16H23N3. The molecule has 19 heavy (non-hydrogen) atoms. The van der Waals surface area contributed by atoms with Crippen molar-refractivity contribution in [3.05, 3.63) is 23.8 Å². The number of benzene rings is 1. The summed E-state index contributed by atoms with van der Waals surface area (Å²) >= 11 is 0. The molecule has 2 N–H and O–H groups in total. The Morgan fingerprint density at radius 3 is 2.63 bits per heavy atom. The van der Waals surface area contributed by atoms with E-state index in [1.807, 2.05) is 6.07 Å². The number of piperidine rings is 1. The van der Waals surface area contributed by atoms with Crippen molar-refractivity contribution >= 4 is 11.4 Å². The van der Waals surface area contributed by atoms with Crippen molar-refractivity contribution < 1.29 is 0 Å². The lowest BCUT2D eigenvalue weighted by atomic mass is 9.86. The molecule has 1 aromatic rings. The van der Waals surface area contributed by atoms with Crippen molar-refractivity contribution in [1.29, 1.82) is 5.26 Å². The topological polar surface area (TPSA) is 53.0 Å². The molecule has 0 amide bonds. The van der Waals surface area contributed by atoms with E-state index in [9.17, 15) is 0 Å². The van der Waals surface area contributed by atoms with Crippen LogP contribution in [0, 0.1) is 23.2 Å². The smallest absolute Gasteiger partial charge is 0.0670 e. The number of rotatable bonds is 3. The van der Waals surface area contributed by atoms with Crippen LogP contribution in [0.25, 0.3) is 0 Å². The lowest BCUT2D eigenvalue weighted by molar-refractivity contribution is 0.311. The molecule has 0 bridgehead atoms. The minimum absolute atomic E-state index is 0.391. The second kappa shape index (κ2) is 5.97. The van der Waals surface area contributed by atoms with Crippen LogP contribution in [0.15, 0.2) is 18.2 Å². The Kier molecular flexibility index (Phi) is 4.31. The minimum Gasteiger partial charge on any atom is -0.398 e. The molecule has 1 heterocycles. The van der Waals surface area contributed by atoms with Crippen molar-refractivity contribution in [3.8, 4) is 6.07 Å². The summed E-state index contributed by atoms with van der Waals surface area (Å²) in [6.07, 6.45) is 2.91. The zero-order chi connectivity index (χ0) is 13.8. The highest BCUT2D eigenvalue weighted by atomic mass is 15.1. The van der Waals surface area contributed by atoms with Crippen LogP contribution in [0.3, 0.4) is 0 Å². The fourth-order valence-corrected chi connectivity index (χ4v) is 2.85. The van der Waals surface area contributed by atoms with Gasteiger partial charge in [0, 0.05) is 24.5 Å². The molecule has 102 valence electrons. The molecule has 0 atom stereocenters. The van der Waals surface area contributed by atoms with Crippen LogP contribution in [0.4, 0.5) is 11.4 Å². The number of hydrogen-bond acceptors (Lipinski definition) is 3. The van der Waals surface area contributed by atoms with Gasteiger partial charge in [-0.1, -0.05) is 13.8 Å². The summed E-state index contributed by atoms with van der Waals surface area (Å²) in [5.74, 6) is 1.63. The molecule has 1 aliphatic heterocycles. The van der Waals surface area contributed by atoms with Gasteiger partial charge in [0.2, 0.25) is 0 Å². The van der Waals surface area contributed by atoms with Crippen LogP contribution in [0.2, 0.25) is 0 Å². The van der Waals surface area contributed by atoms with Gasteiger partial charge in [-0.25, -0.2) is 0 Å². The normalized spacial score (nSPS) is 16.6. The molecule has 1 aliphatic rings. The van der Waals surface area contributed by atoms with E-state index in [1.165, 1.54) is 18.5 Å². The number of nitriles is 1. The van der Waals surface area contributed by atoms with Gasteiger partial charge < -0.3 is 10.6 Å². The average Bonchev–Trinajstić information content (AvgIpc) is 2.41. The molecule has 0 aromatic heterocycles. The maximum Gasteiger partial charge on any atom is 0.0670 e. The van der Waals surface area contributed by atoms with Crippen molar-refractivity contribution in [3.63, 3.8) is 0 Å². The van der Waals surface area contributed by atoms with Crippen LogP contribution in [0.1, 0.15) is 32.3 Å². The van der Waals surface area contributed by atoms with E-state index >= 15 is 0 Å². The van der Waals surface area contributed by atoms with Gasteiger partial charge in [-0.2, -0.15) is 5.26 Å². The van der Waals surface area contributed by atoms with Crippen molar-refractivity contribution in [1.82, 2.24) is 0 Å². The molecular weight excluding hydrogens is 234 g/mol. The first-order valence-corrected chi connectivity index (χ1v) is 7.12. The quantitative estimate of drug-likeness (QED) is 0.846. The lowest BCUT2D eigenvalue weighted by Gasteiger charge is -2.35. The summed E-state index contributed by atoms with van der Waals surface area (Å²) in [6, 6.07) is 8.26. The van der Waals surface area contributed by atoms with Gasteiger partial charge in [0.15, 0.2) is 0 Å². The largest absolute Gasteiger partial charge is 0.398 e. The predicted octanol–water partition coefficient (Wildman–Crippen LogP) is 3.21. The fraction of sp³-hybridized carbons (Fsp3) is 0.562. The first-order valence-electron chi connectivity index (χ1n) is 7.12. The average molecular weight is 257 g/mol. The first kappa shape index (κ1) is 13.7. The van der Waals surface area contributed by atoms with E-state index in [4.69, 9.17) is 11.0 Å². The maximum absolute atomic E-state index is 8.82. The summed E-state index contributed by atoms with van der Waals surface area (Å²) < 4.78 is 0. The standard InChI is InChI=1S/C16H23N3/c1-12(2)13-6-9-19(10-7-13)15-3-4-16(18)14(11-15)5-8-17/h3-4,11-13H,5-7,9-10,18H2,1-2H3. The minimum atomic E-state index is 0.391. The SMILES string of the molecule is CC(C)C1CCN(c2ccc(N)c(CC#N)c2)CC1. The van der Waals surface area contributed by atoms with E-state index < -0.39 is 0 Å². The number of hydrogen-bond donors (Lipinski definition) is 1. The van der Waals surface area contributed by atoms with E-state index in [-0.39, 0.29) is 0 Å². The van der Waals surface area contributed by atoms with Crippen LogP contribution >= 0.6 is 0 Å². The summed E-state index contributed by atoms with van der Waals surface area (Å²) in [6.45, 7) is 6.85. The molecule has 3 nitrogen and oxygen atoms in total. The highest BCUT2D eigenvalue weighted by Gasteiger charge is 2.21. The third kappa shape index (κ3) is 3.20. The van der Waals surface area contributed by atoms with Gasteiger partial charge in [-0.15, -0.1) is 0 Å². The first-order chi connectivity index (χ1) is 9.11. The third-order valence-electron chi connectivity index (χ3n) is 4.24. The summed E-state index contributed by atoms with van der Waals surface area (Å²) in [5, 5.41) is 8.82. The summed E-state index contributed by atoms with van der Waals surface area (Å²) in [4.78, 5) is 2.42. The van der Waals surface area contributed by atoms with E-state index in [0.29, 0.717) is 6.42 Å². The van der Waals surface area contributed by atoms with Gasteiger partial charge in [0.25, 0.3) is 0 Å². The van der Waals surface area contributed by atoms with E-state index in [2.05, 4.69) is 36.9 Å². The highest BCUT2D eigenvalue weighted by molar-refractivity contribution is 5.59. The Balaban J connectivity index is 2.07. The maximum atomic E-state index is 8.82. The van der Waals surface area contributed by atoms with Crippen LogP contribution in [-0.4, -0.2) is 13.1 Å². The second-order valence-electron chi connectivity index (χ2n) is 5.79. The van der Waals surface area contributed by atoms with Crippen LogP contribution in [-0.2, 0) is 6.42 Å². The molecule has 1 aromatic carbocycles. The number of nitrogen functional groups attached to an aromatic ring is 1. The monoisotopic (exact) mass is 257 g/mol. The predicted molar refractivity (Wildman–Crippen MR) is 79.9 cm³/mol. The molecule has 1 saturated heterocycles. The molecule has 0 radical (unpaired) electrons. The zero-order valence-corrected chi connectivity index (χ0v) is 11.9. The Morgan fingerprint density at radius 1 is 1.37 bits per heavy atom. The Labute approximate surface area is 116 Å². The fourth-order valence-electron chi connectivity index (χ4n) is 2.85. The highest BCUT2D eigenvalue weighted by Crippen LogP contribution is 2.29. The van der Waals surface area contributed by atoms with Crippen molar-refractivity contribution in [2.45, 2.75) is 33.1 Å². The zero-order valence-electron chi connectivity index (χ0n) is 11.9. The van der Waals surface area contributed by atoms with Gasteiger partial charge in [0.05, 0.1) is 12.5 Å². The van der Waals surface area contributed by atoms with Gasteiger partial charge in [-0.3, -0.25) is 0 Å². The molecule has 0 spiro atoms. The van der Waals surface area contributed by atoms with Crippen LogP contribution in [0.5, 0.6) is 0 Å². The molecule has 1 fully saturated rings. The summed E-state index contributed by atoms with van der Waals surface area (Å²) in [5.41, 5.74) is 8.78. The molecule has 0 aliphatic carbocycles. The Morgan fingerprint density at radius 2 is 2.05 bits per heavy atom. The molecule has 0 saturated carbocycles.